The van der Waals surface area contributed by atoms with Gasteiger partial charge in [-0.2, -0.15) is 0 Å². The van der Waals surface area contributed by atoms with Gasteiger partial charge < -0.3 is 15.0 Å². The molecular formula is C27H28Cl2N2O3. The molecule has 1 unspecified atom stereocenters. The second-order valence-corrected chi connectivity index (χ2v) is 9.13. The Morgan fingerprint density at radius 3 is 2.03 bits per heavy atom. The fourth-order valence-electron chi connectivity index (χ4n) is 3.48. The number of hydrogen-bond donors (Lipinski definition) is 1. The van der Waals surface area contributed by atoms with Crippen LogP contribution < -0.4 is 10.1 Å². The summed E-state index contributed by atoms with van der Waals surface area (Å²) in [5.74, 6) is 0.00725. The molecule has 0 aliphatic carbocycles. The van der Waals surface area contributed by atoms with E-state index >= 15 is 0 Å². The quantitative estimate of drug-likeness (QED) is 0.399. The van der Waals surface area contributed by atoms with E-state index in [4.69, 9.17) is 27.9 Å². The van der Waals surface area contributed by atoms with Crippen molar-refractivity contribution in [2.24, 2.45) is 0 Å². The van der Waals surface area contributed by atoms with Gasteiger partial charge in [0.25, 0.3) is 5.91 Å². The lowest BCUT2D eigenvalue weighted by molar-refractivity contribution is -0.143. The van der Waals surface area contributed by atoms with Crippen LogP contribution in [0.15, 0.2) is 78.9 Å². The summed E-state index contributed by atoms with van der Waals surface area (Å²) in [5, 5.41) is 4.15. The second-order valence-electron chi connectivity index (χ2n) is 8.26. The van der Waals surface area contributed by atoms with E-state index in [9.17, 15) is 9.59 Å². The third-order valence-electron chi connectivity index (χ3n) is 5.14. The number of rotatable bonds is 10. The van der Waals surface area contributed by atoms with Gasteiger partial charge in [-0.3, -0.25) is 9.59 Å². The topological polar surface area (TPSA) is 58.6 Å². The number of ether oxygens (including phenoxy) is 1. The molecule has 0 aliphatic heterocycles. The molecule has 3 rings (SSSR count). The number of carbonyl (C=O) groups is 2. The van der Waals surface area contributed by atoms with Crippen molar-refractivity contribution in [2.75, 3.05) is 6.61 Å². The molecule has 178 valence electrons. The van der Waals surface area contributed by atoms with E-state index in [1.807, 2.05) is 56.3 Å². The van der Waals surface area contributed by atoms with Crippen molar-refractivity contribution in [3.8, 4) is 5.75 Å². The zero-order valence-electron chi connectivity index (χ0n) is 19.2. The summed E-state index contributed by atoms with van der Waals surface area (Å²) in [6, 6.07) is 22.9. The van der Waals surface area contributed by atoms with Crippen LogP contribution >= 0.6 is 23.2 Å². The fourth-order valence-corrected chi connectivity index (χ4v) is 3.73. The van der Waals surface area contributed by atoms with Gasteiger partial charge in [0.05, 0.1) is 0 Å². The molecule has 2 amide bonds. The van der Waals surface area contributed by atoms with E-state index < -0.39 is 6.04 Å². The van der Waals surface area contributed by atoms with Crippen molar-refractivity contribution in [3.05, 3.63) is 100 Å². The molecule has 5 nitrogen and oxygen atoms in total. The number of nitrogens with zero attached hydrogens (tertiary/aromatic N) is 1. The average molecular weight is 499 g/mol. The lowest BCUT2D eigenvalue weighted by Gasteiger charge is -2.32. The van der Waals surface area contributed by atoms with E-state index in [1.165, 1.54) is 0 Å². The Hall–Kier alpha value is -3.02. The number of benzene rings is 3. The van der Waals surface area contributed by atoms with E-state index in [0.717, 1.165) is 11.1 Å². The molecular weight excluding hydrogens is 471 g/mol. The average Bonchev–Trinajstić information content (AvgIpc) is 2.82. The molecule has 0 aromatic heterocycles. The van der Waals surface area contributed by atoms with Gasteiger partial charge >= 0.3 is 0 Å². The van der Waals surface area contributed by atoms with E-state index in [1.54, 1.807) is 41.3 Å². The van der Waals surface area contributed by atoms with Crippen LogP contribution in [0.2, 0.25) is 10.0 Å². The van der Waals surface area contributed by atoms with Gasteiger partial charge in [-0.15, -0.1) is 0 Å². The van der Waals surface area contributed by atoms with Crippen LogP contribution in [0.5, 0.6) is 5.75 Å². The first-order chi connectivity index (χ1) is 16.3. The molecule has 0 bridgehead atoms. The Morgan fingerprint density at radius 2 is 1.44 bits per heavy atom. The first kappa shape index (κ1) is 25.6. The highest BCUT2D eigenvalue weighted by molar-refractivity contribution is 6.30. The Balaban J connectivity index is 1.89. The van der Waals surface area contributed by atoms with Crippen LogP contribution in [0.1, 0.15) is 25.0 Å². The summed E-state index contributed by atoms with van der Waals surface area (Å²) in [6.45, 7) is 3.82. The molecule has 3 aromatic carbocycles. The van der Waals surface area contributed by atoms with Gasteiger partial charge in [0, 0.05) is 29.1 Å². The normalized spacial score (nSPS) is 11.7. The number of halogens is 2. The number of hydrogen-bond acceptors (Lipinski definition) is 3. The number of carbonyl (C=O) groups excluding carboxylic acids is 2. The minimum absolute atomic E-state index is 0.0661. The maximum Gasteiger partial charge on any atom is 0.261 e. The molecule has 3 aromatic rings. The maximum atomic E-state index is 13.4. The van der Waals surface area contributed by atoms with Crippen molar-refractivity contribution >= 4 is 35.0 Å². The Bertz CT molecular complexity index is 1070. The van der Waals surface area contributed by atoms with Crippen molar-refractivity contribution in [1.82, 2.24) is 10.2 Å². The van der Waals surface area contributed by atoms with E-state index in [0.29, 0.717) is 22.2 Å². The van der Waals surface area contributed by atoms with Crippen LogP contribution in [0.4, 0.5) is 0 Å². The van der Waals surface area contributed by atoms with Crippen molar-refractivity contribution in [3.63, 3.8) is 0 Å². The van der Waals surface area contributed by atoms with Crippen LogP contribution in [0.3, 0.4) is 0 Å². The summed E-state index contributed by atoms with van der Waals surface area (Å²) < 4.78 is 5.72. The Kier molecular flexibility index (Phi) is 9.37. The van der Waals surface area contributed by atoms with Crippen LogP contribution in [-0.4, -0.2) is 35.4 Å². The number of amides is 2. The highest BCUT2D eigenvalue weighted by atomic mass is 35.5. The summed E-state index contributed by atoms with van der Waals surface area (Å²) >= 11 is 12.0. The van der Waals surface area contributed by atoms with Crippen LogP contribution in [0.25, 0.3) is 0 Å². The predicted octanol–water partition coefficient (Wildman–Crippen LogP) is 5.54. The summed E-state index contributed by atoms with van der Waals surface area (Å²) in [6.07, 6.45) is 0.375. The van der Waals surface area contributed by atoms with Gasteiger partial charge in [0.2, 0.25) is 5.91 Å². The SMILES string of the molecule is CC(C)NC(=O)C(Cc1ccccc1)N(Cc1ccc(Cl)cc1)C(=O)COc1ccc(Cl)cc1. The molecule has 0 heterocycles. The summed E-state index contributed by atoms with van der Waals surface area (Å²) in [7, 11) is 0. The Morgan fingerprint density at radius 1 is 0.853 bits per heavy atom. The highest BCUT2D eigenvalue weighted by Gasteiger charge is 2.31. The molecule has 0 fully saturated rings. The minimum atomic E-state index is -0.721. The molecule has 7 heteroatoms. The Labute approximate surface area is 210 Å². The molecule has 1 atom stereocenters. The standard InChI is InChI=1S/C27H28Cl2N2O3/c1-19(2)30-27(33)25(16-20-6-4-3-5-7-20)31(17-21-8-10-22(28)11-9-21)26(32)18-34-24-14-12-23(29)13-15-24/h3-15,19,25H,16-18H2,1-2H3,(H,30,33). The summed E-state index contributed by atoms with van der Waals surface area (Å²) in [4.78, 5) is 28.3. The monoisotopic (exact) mass is 498 g/mol. The largest absolute Gasteiger partial charge is 0.484 e. The molecule has 1 N–H and O–H groups in total. The first-order valence-electron chi connectivity index (χ1n) is 11.1. The maximum absolute atomic E-state index is 13.4. The van der Waals surface area contributed by atoms with Gasteiger partial charge in [-0.1, -0.05) is 65.7 Å². The smallest absolute Gasteiger partial charge is 0.261 e. The van der Waals surface area contributed by atoms with Gasteiger partial charge in [-0.25, -0.2) is 0 Å². The number of nitrogens with one attached hydrogen (secondary N) is 1. The van der Waals surface area contributed by atoms with Gasteiger partial charge in [0.15, 0.2) is 6.61 Å². The van der Waals surface area contributed by atoms with Crippen molar-refractivity contribution in [1.29, 1.82) is 0 Å². The molecule has 0 saturated heterocycles. The first-order valence-corrected chi connectivity index (χ1v) is 11.8. The molecule has 0 radical (unpaired) electrons. The molecule has 0 spiro atoms. The minimum Gasteiger partial charge on any atom is -0.484 e. The van der Waals surface area contributed by atoms with Crippen molar-refractivity contribution in [2.45, 2.75) is 38.9 Å². The highest BCUT2D eigenvalue weighted by Crippen LogP contribution is 2.19. The summed E-state index contributed by atoms with van der Waals surface area (Å²) in [5.41, 5.74) is 1.82. The lowest BCUT2D eigenvalue weighted by atomic mass is 10.0. The van der Waals surface area contributed by atoms with Gasteiger partial charge in [0.1, 0.15) is 11.8 Å². The molecule has 0 aliphatic rings. The fraction of sp³-hybridized carbons (Fsp3) is 0.259. The predicted molar refractivity (Wildman–Crippen MR) is 136 cm³/mol. The zero-order chi connectivity index (χ0) is 24.5. The van der Waals surface area contributed by atoms with E-state index in [2.05, 4.69) is 5.32 Å². The third kappa shape index (κ3) is 7.79. The second kappa shape index (κ2) is 12.4. The molecule has 34 heavy (non-hydrogen) atoms. The third-order valence-corrected chi connectivity index (χ3v) is 5.65. The van der Waals surface area contributed by atoms with Crippen LogP contribution in [0, 0.1) is 0 Å². The van der Waals surface area contributed by atoms with E-state index in [-0.39, 0.29) is 31.0 Å². The lowest BCUT2D eigenvalue weighted by Crippen LogP contribution is -2.52. The van der Waals surface area contributed by atoms with Crippen LogP contribution in [-0.2, 0) is 22.6 Å². The van der Waals surface area contributed by atoms with Crippen molar-refractivity contribution < 1.29 is 14.3 Å². The zero-order valence-corrected chi connectivity index (χ0v) is 20.7. The molecule has 0 saturated carbocycles. The van der Waals surface area contributed by atoms with Gasteiger partial charge in [-0.05, 0) is 61.4 Å².